The summed E-state index contributed by atoms with van der Waals surface area (Å²) in [5.74, 6) is -0.955. The van der Waals surface area contributed by atoms with Gasteiger partial charge in [-0.05, 0) is 54.3 Å². The van der Waals surface area contributed by atoms with Crippen molar-refractivity contribution in [2.24, 2.45) is 5.92 Å². The van der Waals surface area contributed by atoms with Crippen molar-refractivity contribution in [3.63, 3.8) is 0 Å². The van der Waals surface area contributed by atoms with E-state index >= 15 is 0 Å². The molecule has 1 atom stereocenters. The van der Waals surface area contributed by atoms with E-state index in [0.717, 1.165) is 72.1 Å². The van der Waals surface area contributed by atoms with Crippen LogP contribution in [0.2, 0.25) is 5.02 Å². The molecule has 2 N–H and O–H groups in total. The lowest BCUT2D eigenvalue weighted by Crippen LogP contribution is -2.53. The zero-order chi connectivity index (χ0) is 34.5. The van der Waals surface area contributed by atoms with Crippen molar-refractivity contribution in [3.05, 3.63) is 98.9 Å². The number of halogens is 1. The first-order valence-electron chi connectivity index (χ1n) is 16.9. The molecule has 6 heterocycles. The summed E-state index contributed by atoms with van der Waals surface area (Å²) in [6.45, 7) is 6.64. The molecule has 2 saturated heterocycles. The number of aliphatic hydroxyl groups excluding tert-OH is 1. The van der Waals surface area contributed by atoms with E-state index in [1.54, 1.807) is 11.3 Å². The molecule has 8 rings (SSSR count). The van der Waals surface area contributed by atoms with Gasteiger partial charge in [0.25, 0.3) is 0 Å². The van der Waals surface area contributed by atoms with Crippen molar-refractivity contribution < 1.29 is 19.8 Å². The number of benzene rings is 2. The maximum absolute atomic E-state index is 12.8. The van der Waals surface area contributed by atoms with Crippen LogP contribution in [0.25, 0.3) is 32.6 Å². The van der Waals surface area contributed by atoms with Gasteiger partial charge in [0.05, 0.1) is 53.6 Å². The maximum Gasteiger partial charge on any atom is 0.307 e. The van der Waals surface area contributed by atoms with Gasteiger partial charge in [-0.3, -0.25) is 29.4 Å². The van der Waals surface area contributed by atoms with Crippen molar-refractivity contribution in [1.82, 2.24) is 29.7 Å². The molecular formula is C38H37ClN6O4S. The van der Waals surface area contributed by atoms with Crippen LogP contribution >= 0.6 is 22.9 Å². The fourth-order valence-electron chi connectivity index (χ4n) is 7.37. The molecule has 3 aliphatic rings. The molecule has 0 radical (unpaired) electrons. The van der Waals surface area contributed by atoms with E-state index in [1.807, 2.05) is 46.5 Å². The second-order valence-electron chi connectivity index (χ2n) is 13.7. The lowest BCUT2D eigenvalue weighted by Gasteiger charge is -2.36. The SMILES string of the molecule is Cc1c(-c2nc3c(s2)CN(C(=O)CN2CC(O)C2)C3)cccc1-c1cccc(Cc2nccc3cc(CN4CC[C@@H](C(=O)O)C4)cnc23)c1Cl. The number of thiazole rings is 1. The number of hydrogen-bond donors (Lipinski definition) is 2. The molecule has 3 aromatic heterocycles. The van der Waals surface area contributed by atoms with Crippen molar-refractivity contribution >= 4 is 45.7 Å². The van der Waals surface area contributed by atoms with E-state index in [4.69, 9.17) is 26.6 Å². The van der Waals surface area contributed by atoms with Crippen LogP contribution in [0.15, 0.2) is 60.9 Å². The number of nitrogens with zero attached hydrogens (tertiary/aromatic N) is 6. The van der Waals surface area contributed by atoms with Gasteiger partial charge in [-0.25, -0.2) is 4.98 Å². The molecule has 3 aliphatic heterocycles. The second kappa shape index (κ2) is 13.5. The van der Waals surface area contributed by atoms with Gasteiger partial charge >= 0.3 is 5.97 Å². The Morgan fingerprint density at radius 1 is 1.00 bits per heavy atom. The number of amides is 1. The van der Waals surface area contributed by atoms with Crippen LogP contribution < -0.4 is 0 Å². The zero-order valence-corrected chi connectivity index (χ0v) is 29.3. The number of carbonyl (C=O) groups is 2. The number of fused-ring (bicyclic) bond motifs is 2. The largest absolute Gasteiger partial charge is 0.481 e. The third-order valence-electron chi connectivity index (χ3n) is 10.2. The fourth-order valence-corrected chi connectivity index (χ4v) is 8.84. The predicted molar refractivity (Wildman–Crippen MR) is 193 cm³/mol. The molecule has 5 aromatic rings. The summed E-state index contributed by atoms with van der Waals surface area (Å²) in [5, 5.41) is 21.5. The van der Waals surface area contributed by atoms with Crippen molar-refractivity contribution in [2.75, 3.05) is 32.7 Å². The molecule has 0 unspecified atom stereocenters. The average Bonchev–Trinajstić information content (AvgIpc) is 3.82. The lowest BCUT2D eigenvalue weighted by atomic mass is 9.94. The summed E-state index contributed by atoms with van der Waals surface area (Å²) in [7, 11) is 0. The number of likely N-dealkylation sites (tertiary alicyclic amines) is 2. The highest BCUT2D eigenvalue weighted by molar-refractivity contribution is 7.15. The summed E-state index contributed by atoms with van der Waals surface area (Å²) < 4.78 is 0. The number of hydrogen-bond acceptors (Lipinski definition) is 9. The van der Waals surface area contributed by atoms with Crippen LogP contribution in [0.3, 0.4) is 0 Å². The van der Waals surface area contributed by atoms with Gasteiger partial charge in [0.1, 0.15) is 5.01 Å². The van der Waals surface area contributed by atoms with E-state index in [2.05, 4.69) is 36.1 Å². The molecule has 0 bridgehead atoms. The van der Waals surface area contributed by atoms with Crippen LogP contribution in [0.1, 0.15) is 39.4 Å². The predicted octanol–water partition coefficient (Wildman–Crippen LogP) is 5.40. The summed E-state index contributed by atoms with van der Waals surface area (Å²) in [6.07, 6.45) is 4.56. The normalized spacial score (nSPS) is 18.1. The fraction of sp³-hybridized carbons (Fsp3) is 0.342. The Morgan fingerprint density at radius 3 is 2.58 bits per heavy atom. The van der Waals surface area contributed by atoms with Gasteiger partial charge in [0.2, 0.25) is 5.91 Å². The molecule has 2 fully saturated rings. The van der Waals surface area contributed by atoms with Gasteiger partial charge in [-0.1, -0.05) is 48.0 Å². The number of carboxylic acid groups (broad SMARTS) is 1. The number of carboxylic acids is 1. The summed E-state index contributed by atoms with van der Waals surface area (Å²) in [6, 6.07) is 16.4. The second-order valence-corrected chi connectivity index (χ2v) is 15.1. The summed E-state index contributed by atoms with van der Waals surface area (Å²) in [4.78, 5) is 45.8. The van der Waals surface area contributed by atoms with Crippen LogP contribution in [0.4, 0.5) is 0 Å². The monoisotopic (exact) mass is 708 g/mol. The highest BCUT2D eigenvalue weighted by Crippen LogP contribution is 2.40. The van der Waals surface area contributed by atoms with E-state index in [0.29, 0.717) is 63.7 Å². The number of aliphatic carboxylic acids is 1. The molecular weight excluding hydrogens is 672 g/mol. The number of β-amino-alcohol motifs (C(OH)–C–C–N with tert-alkyl or cyclic N) is 1. The van der Waals surface area contributed by atoms with Crippen LogP contribution in [-0.2, 0) is 35.6 Å². The van der Waals surface area contributed by atoms with E-state index < -0.39 is 5.97 Å². The molecule has 12 heteroatoms. The van der Waals surface area contributed by atoms with Crippen molar-refractivity contribution in [1.29, 1.82) is 0 Å². The first kappa shape index (κ1) is 32.9. The van der Waals surface area contributed by atoms with E-state index in [-0.39, 0.29) is 17.9 Å². The Labute approximate surface area is 299 Å². The van der Waals surface area contributed by atoms with Gasteiger partial charge < -0.3 is 15.1 Å². The molecule has 2 aromatic carbocycles. The minimum Gasteiger partial charge on any atom is -0.481 e. The Bertz CT molecular complexity index is 2110. The Morgan fingerprint density at radius 2 is 1.80 bits per heavy atom. The molecule has 10 nitrogen and oxygen atoms in total. The standard InChI is InChI=1S/C38H37ClN6O4S/c1-22-28(5-3-6-29(22)37-42-32-19-45(20-33(32)50-37)34(47)21-44-17-27(46)18-44)30-7-2-4-24(35(30)39)13-31-36-25(8-10-40-31)12-23(14-41-36)15-43-11-9-26(16-43)38(48)49/h2-8,10,12,14,26-27,46H,9,11,13,15-21H2,1H3,(H,48,49)/t26-/m1/s1. The maximum atomic E-state index is 12.8. The van der Waals surface area contributed by atoms with Crippen molar-refractivity contribution in [3.8, 4) is 21.7 Å². The molecule has 0 saturated carbocycles. The van der Waals surface area contributed by atoms with E-state index in [9.17, 15) is 19.8 Å². The Kier molecular flexibility index (Phi) is 8.86. The highest BCUT2D eigenvalue weighted by atomic mass is 35.5. The van der Waals surface area contributed by atoms with Crippen molar-refractivity contribution in [2.45, 2.75) is 45.5 Å². The van der Waals surface area contributed by atoms with Gasteiger partial charge in [-0.15, -0.1) is 11.3 Å². The number of pyridine rings is 2. The average molecular weight is 709 g/mol. The minimum absolute atomic E-state index is 0.0744. The van der Waals surface area contributed by atoms with Gasteiger partial charge in [0.15, 0.2) is 0 Å². The first-order valence-corrected chi connectivity index (χ1v) is 18.1. The summed E-state index contributed by atoms with van der Waals surface area (Å²) >= 11 is 8.81. The Hall–Kier alpha value is -4.26. The molecule has 0 aliphatic carbocycles. The van der Waals surface area contributed by atoms with Crippen LogP contribution in [-0.4, -0.2) is 90.6 Å². The van der Waals surface area contributed by atoms with Gasteiger partial charge in [0, 0.05) is 66.4 Å². The third kappa shape index (κ3) is 6.40. The van der Waals surface area contributed by atoms with Crippen LogP contribution in [0, 0.1) is 12.8 Å². The molecule has 256 valence electrons. The van der Waals surface area contributed by atoms with Gasteiger partial charge in [-0.2, -0.15) is 0 Å². The Balaban J connectivity index is 0.996. The number of carbonyl (C=O) groups excluding carboxylic acids is 1. The molecule has 50 heavy (non-hydrogen) atoms. The quantitative estimate of drug-likeness (QED) is 0.207. The topological polar surface area (TPSA) is 123 Å². The minimum atomic E-state index is -0.725. The smallest absolute Gasteiger partial charge is 0.307 e. The number of aromatic nitrogens is 3. The zero-order valence-electron chi connectivity index (χ0n) is 27.7. The number of aliphatic hydroxyl groups is 1. The molecule has 0 spiro atoms. The van der Waals surface area contributed by atoms with Crippen LogP contribution in [0.5, 0.6) is 0 Å². The first-order chi connectivity index (χ1) is 24.2. The third-order valence-corrected chi connectivity index (χ3v) is 11.7. The molecule has 1 amide bonds. The summed E-state index contributed by atoms with van der Waals surface area (Å²) in [5.41, 5.74) is 8.78. The number of rotatable bonds is 9. The highest BCUT2D eigenvalue weighted by Gasteiger charge is 2.32. The lowest BCUT2D eigenvalue weighted by molar-refractivity contribution is -0.141. The van der Waals surface area contributed by atoms with E-state index in [1.165, 1.54) is 0 Å².